The molecule has 5 N–H and O–H groups in total. The first-order valence-electron chi connectivity index (χ1n) is 13.7. The van der Waals surface area contributed by atoms with Crippen molar-refractivity contribution in [3.8, 4) is 0 Å². The van der Waals surface area contributed by atoms with Crippen LogP contribution in [-0.2, 0) is 11.2 Å². The molecule has 0 radical (unpaired) electrons. The van der Waals surface area contributed by atoms with Gasteiger partial charge in [-0.2, -0.15) is 0 Å². The number of rotatable bonds is 9. The van der Waals surface area contributed by atoms with Crippen molar-refractivity contribution in [2.75, 3.05) is 18.5 Å². The van der Waals surface area contributed by atoms with Crippen LogP contribution in [0.4, 0.5) is 9.52 Å². The van der Waals surface area contributed by atoms with Crippen LogP contribution in [0, 0.1) is 28.5 Å². The molecule has 2 aliphatic rings. The van der Waals surface area contributed by atoms with Crippen LogP contribution >= 0.6 is 11.3 Å². The number of halogens is 1. The highest BCUT2D eigenvalue weighted by atomic mass is 32.1. The van der Waals surface area contributed by atoms with Gasteiger partial charge in [0.15, 0.2) is 5.13 Å². The zero-order chi connectivity index (χ0) is 28.5. The summed E-state index contributed by atoms with van der Waals surface area (Å²) in [6.07, 6.45) is 1.81. The maximum atomic E-state index is 13.7. The lowest BCUT2D eigenvalue weighted by atomic mass is 9.47. The normalized spacial score (nSPS) is 28.9. The summed E-state index contributed by atoms with van der Waals surface area (Å²) in [5.41, 5.74) is -0.286. The predicted molar refractivity (Wildman–Crippen MR) is 148 cm³/mol. The topological polar surface area (TPSA) is 132 Å². The van der Waals surface area contributed by atoms with E-state index < -0.39 is 28.7 Å². The number of hydrogen-bond acceptors (Lipinski definition) is 7. The van der Waals surface area contributed by atoms with Gasteiger partial charge in [-0.3, -0.25) is 14.9 Å². The smallest absolute Gasteiger partial charge is 0.257 e. The Morgan fingerprint density at radius 3 is 2.64 bits per heavy atom. The van der Waals surface area contributed by atoms with Crippen molar-refractivity contribution in [1.82, 2.24) is 10.3 Å². The van der Waals surface area contributed by atoms with Crippen LogP contribution in [0.2, 0.25) is 0 Å². The van der Waals surface area contributed by atoms with Crippen molar-refractivity contribution in [1.29, 1.82) is 0 Å². The number of aromatic nitrogens is 1. The fourth-order valence-electron chi connectivity index (χ4n) is 6.72. The predicted octanol–water partition coefficient (Wildman–Crippen LogP) is 3.86. The Hall–Kier alpha value is -2.40. The van der Waals surface area contributed by atoms with Crippen molar-refractivity contribution in [3.63, 3.8) is 0 Å². The molecule has 6 atom stereocenters. The number of amides is 2. The Morgan fingerprint density at radius 1 is 1.26 bits per heavy atom. The van der Waals surface area contributed by atoms with Gasteiger partial charge in [0.05, 0.1) is 31.1 Å². The zero-order valence-corrected chi connectivity index (χ0v) is 23.9. The summed E-state index contributed by atoms with van der Waals surface area (Å²) in [6, 6.07) is 5.08. The number of benzene rings is 1. The third kappa shape index (κ3) is 5.89. The summed E-state index contributed by atoms with van der Waals surface area (Å²) < 4.78 is 13.7. The van der Waals surface area contributed by atoms with Gasteiger partial charge >= 0.3 is 0 Å². The molecule has 0 bridgehead atoms. The maximum absolute atomic E-state index is 13.7. The highest BCUT2D eigenvalue weighted by Gasteiger charge is 2.59. The molecule has 2 aliphatic carbocycles. The Morgan fingerprint density at radius 2 is 2.00 bits per heavy atom. The second-order valence-electron chi connectivity index (χ2n) is 12.1. The number of nitrogens with zero attached hydrogens (tertiary/aromatic N) is 1. The van der Waals surface area contributed by atoms with Gasteiger partial charge in [0.25, 0.3) is 5.91 Å². The summed E-state index contributed by atoms with van der Waals surface area (Å²) in [7, 11) is 0. The van der Waals surface area contributed by atoms with Gasteiger partial charge in [-0.15, -0.1) is 11.3 Å². The number of aliphatic hydroxyl groups is 3. The van der Waals surface area contributed by atoms with Gasteiger partial charge in [0.1, 0.15) is 5.82 Å². The summed E-state index contributed by atoms with van der Waals surface area (Å²) in [6.45, 7) is 7.74. The number of fused-ring (bicyclic) bond motifs is 2. The minimum absolute atomic E-state index is 0.124. The molecule has 0 spiro atoms. The molecule has 1 aromatic carbocycles. The summed E-state index contributed by atoms with van der Waals surface area (Å²) in [5, 5.41) is 37.3. The number of carbonyl (C=O) groups is 2. The molecule has 2 aromatic rings. The van der Waals surface area contributed by atoms with Crippen LogP contribution in [0.3, 0.4) is 0 Å². The van der Waals surface area contributed by atoms with Crippen LogP contribution in [0.5, 0.6) is 0 Å². The van der Waals surface area contributed by atoms with E-state index in [1.807, 2.05) is 20.8 Å². The molecular weight excluding hydrogens is 521 g/mol. The molecule has 1 heterocycles. The van der Waals surface area contributed by atoms with Crippen molar-refractivity contribution >= 4 is 28.3 Å². The van der Waals surface area contributed by atoms with Crippen molar-refractivity contribution in [3.05, 3.63) is 46.2 Å². The number of aliphatic hydroxyl groups excluding tert-OH is 3. The number of nitrogens with one attached hydrogen (secondary N) is 2. The molecule has 1 fully saturated rings. The van der Waals surface area contributed by atoms with E-state index in [9.17, 15) is 29.3 Å². The molecule has 1 saturated carbocycles. The van der Waals surface area contributed by atoms with Gasteiger partial charge < -0.3 is 20.6 Å². The third-order valence-corrected chi connectivity index (χ3v) is 9.94. The molecule has 214 valence electrons. The number of thiazole rings is 1. The summed E-state index contributed by atoms with van der Waals surface area (Å²) >= 11 is 1.32. The van der Waals surface area contributed by atoms with Gasteiger partial charge in [0, 0.05) is 28.2 Å². The van der Waals surface area contributed by atoms with Gasteiger partial charge in [-0.1, -0.05) is 33.8 Å². The average molecular weight is 562 g/mol. The fraction of sp³-hybridized carbons (Fsp3) is 0.621. The van der Waals surface area contributed by atoms with E-state index in [0.29, 0.717) is 36.7 Å². The molecule has 39 heavy (non-hydrogen) atoms. The summed E-state index contributed by atoms with van der Waals surface area (Å²) in [5.74, 6) is -1.32. The number of anilines is 1. The molecule has 10 heteroatoms. The highest BCUT2D eigenvalue weighted by Crippen LogP contribution is 2.62. The number of hydrogen-bond donors (Lipinski definition) is 5. The standard InChI is InChI=1S/C29H40FN3O5S/c1-16(2)10-19(14-34)31-24(37)12-20-25-21(13-22-28(20,3)9-8-23(36)29(22,4)15-35)39-27(32-25)33-26(38)17-6-5-7-18(30)11-17/h5-7,11,16,19-20,22-23,34-36H,8-10,12-15H2,1-4H3,(H,31,37)(H,32,33,38)/t19-,20-,22+,23-,28+,29+/m1/s1. The van der Waals surface area contributed by atoms with Crippen LogP contribution in [0.15, 0.2) is 24.3 Å². The SMILES string of the molecule is CC(C)C[C@H](CO)NC(=O)C[C@@H]1c2nc(NC(=O)c3cccc(F)c3)sc2C[C@@H]2[C@](C)(CO)[C@H](O)CC[C@]21C. The van der Waals surface area contributed by atoms with E-state index >= 15 is 0 Å². The highest BCUT2D eigenvalue weighted by molar-refractivity contribution is 7.15. The molecule has 8 nitrogen and oxygen atoms in total. The first-order chi connectivity index (χ1) is 18.4. The fourth-order valence-corrected chi connectivity index (χ4v) is 7.78. The van der Waals surface area contributed by atoms with Crippen molar-refractivity contribution in [2.45, 2.75) is 77.9 Å². The number of carbonyl (C=O) groups excluding carboxylic acids is 2. The first kappa shape index (κ1) is 29.6. The Kier molecular flexibility index (Phi) is 8.80. The zero-order valence-electron chi connectivity index (χ0n) is 23.0. The van der Waals surface area contributed by atoms with Crippen molar-refractivity contribution < 1.29 is 29.3 Å². The molecule has 0 saturated heterocycles. The van der Waals surface area contributed by atoms with E-state index in [-0.39, 0.29) is 49.0 Å². The molecule has 1 aromatic heterocycles. The largest absolute Gasteiger partial charge is 0.396 e. The van der Waals surface area contributed by atoms with E-state index in [2.05, 4.69) is 17.6 Å². The lowest BCUT2D eigenvalue weighted by Gasteiger charge is -2.58. The van der Waals surface area contributed by atoms with E-state index in [4.69, 9.17) is 4.98 Å². The monoisotopic (exact) mass is 561 g/mol. The molecular formula is C29H40FN3O5S. The third-order valence-electron chi connectivity index (χ3n) is 8.93. The van der Waals surface area contributed by atoms with E-state index in [1.54, 1.807) is 0 Å². The minimum atomic E-state index is -0.764. The second-order valence-corrected chi connectivity index (χ2v) is 13.2. The first-order valence-corrected chi connectivity index (χ1v) is 14.5. The van der Waals surface area contributed by atoms with Crippen LogP contribution in [0.1, 0.15) is 80.2 Å². The minimum Gasteiger partial charge on any atom is -0.396 e. The molecule has 0 unspecified atom stereocenters. The van der Waals surface area contributed by atoms with Gasteiger partial charge in [-0.25, -0.2) is 9.37 Å². The quantitative estimate of drug-likeness (QED) is 0.316. The van der Waals surface area contributed by atoms with Gasteiger partial charge in [0.2, 0.25) is 5.91 Å². The van der Waals surface area contributed by atoms with Gasteiger partial charge in [-0.05, 0) is 61.1 Å². The molecule has 2 amide bonds. The van der Waals surface area contributed by atoms with E-state index in [1.165, 1.54) is 29.5 Å². The Bertz CT molecular complexity index is 1210. The lowest BCUT2D eigenvalue weighted by molar-refractivity contribution is -0.144. The second kappa shape index (κ2) is 11.6. The lowest BCUT2D eigenvalue weighted by Crippen LogP contribution is -2.58. The summed E-state index contributed by atoms with van der Waals surface area (Å²) in [4.78, 5) is 31.8. The Labute approximate surface area is 233 Å². The van der Waals surface area contributed by atoms with Crippen molar-refractivity contribution in [2.24, 2.45) is 22.7 Å². The molecule has 4 rings (SSSR count). The Balaban J connectivity index is 1.68. The van der Waals surface area contributed by atoms with E-state index in [0.717, 1.165) is 16.6 Å². The van der Waals surface area contributed by atoms with Crippen LogP contribution in [-0.4, -0.2) is 57.5 Å². The maximum Gasteiger partial charge on any atom is 0.257 e. The molecule has 0 aliphatic heterocycles. The average Bonchev–Trinajstić information content (AvgIpc) is 3.29. The van der Waals surface area contributed by atoms with Crippen LogP contribution < -0.4 is 10.6 Å². The van der Waals surface area contributed by atoms with Crippen LogP contribution in [0.25, 0.3) is 0 Å².